The molecule has 8 nitrogen and oxygen atoms in total. The third-order valence-corrected chi connectivity index (χ3v) is 8.02. The zero-order valence-corrected chi connectivity index (χ0v) is 23.2. The molecule has 2 amide bonds. The van der Waals surface area contributed by atoms with Crippen LogP contribution in [0.3, 0.4) is 0 Å². The Morgan fingerprint density at radius 1 is 0.949 bits per heavy atom. The molecular weight excluding hydrogens is 521 g/mol. The number of hydrogen-bond donors (Lipinski definition) is 1. The molecule has 1 N–H and O–H groups in total. The largest absolute Gasteiger partial charge is 0.494 e. The van der Waals surface area contributed by atoms with Crippen molar-refractivity contribution in [2.24, 2.45) is 0 Å². The number of amides is 2. The summed E-state index contributed by atoms with van der Waals surface area (Å²) in [5.74, 6) is -0.940. The maximum atomic E-state index is 13.8. The fraction of sp³-hybridized carbons (Fsp3) is 0.310. The minimum Gasteiger partial charge on any atom is -0.494 e. The van der Waals surface area contributed by atoms with Crippen LogP contribution in [0.4, 0.5) is 10.1 Å². The fourth-order valence-corrected chi connectivity index (χ4v) is 5.61. The third kappa shape index (κ3) is 7.57. The Balaban J connectivity index is 1.99. The molecule has 0 spiro atoms. The van der Waals surface area contributed by atoms with E-state index in [1.54, 1.807) is 6.92 Å². The van der Waals surface area contributed by atoms with Gasteiger partial charge in [-0.2, -0.15) is 0 Å². The Kier molecular flexibility index (Phi) is 10.4. The molecule has 39 heavy (non-hydrogen) atoms. The molecule has 208 valence electrons. The number of benzene rings is 3. The van der Waals surface area contributed by atoms with Crippen molar-refractivity contribution >= 4 is 27.5 Å². The predicted octanol–water partition coefficient (Wildman–Crippen LogP) is 4.02. The molecule has 0 saturated carbocycles. The second-order valence-corrected chi connectivity index (χ2v) is 10.6. The SMILES string of the molecule is CCOc1ccc(S(=O)(=O)N(CC(=O)N(CCc2ccccc2)C(CC)C(=O)NC)c2ccc(F)cc2)cc1. The minimum absolute atomic E-state index is 0.0581. The van der Waals surface area contributed by atoms with Gasteiger partial charge < -0.3 is 15.0 Å². The summed E-state index contributed by atoms with van der Waals surface area (Å²) in [7, 11) is -2.75. The molecule has 0 fully saturated rings. The number of nitrogens with zero attached hydrogens (tertiary/aromatic N) is 2. The summed E-state index contributed by atoms with van der Waals surface area (Å²) in [5, 5.41) is 2.59. The van der Waals surface area contributed by atoms with E-state index in [-0.39, 0.29) is 23.0 Å². The molecule has 0 saturated heterocycles. The number of likely N-dealkylation sites (N-methyl/N-ethyl adjacent to an activating group) is 1. The van der Waals surface area contributed by atoms with Gasteiger partial charge in [0.25, 0.3) is 10.0 Å². The maximum absolute atomic E-state index is 13.8. The normalized spacial score (nSPS) is 11.9. The number of halogens is 1. The standard InChI is InChI=1S/C29H34FN3O5S/c1-4-27(29(35)31-3)32(20-19-22-9-7-6-8-10-22)28(34)21-33(24-13-11-23(30)12-14-24)39(36,37)26-17-15-25(16-18-26)38-5-2/h6-18,27H,4-5,19-21H2,1-3H3,(H,31,35). The van der Waals surface area contributed by atoms with E-state index >= 15 is 0 Å². The van der Waals surface area contributed by atoms with Crippen molar-refractivity contribution in [1.29, 1.82) is 0 Å². The zero-order valence-electron chi connectivity index (χ0n) is 22.3. The first kappa shape index (κ1) is 29.6. The first-order chi connectivity index (χ1) is 18.7. The van der Waals surface area contributed by atoms with E-state index < -0.39 is 34.3 Å². The average molecular weight is 556 g/mol. The van der Waals surface area contributed by atoms with E-state index in [0.717, 1.165) is 22.0 Å². The number of nitrogens with one attached hydrogen (secondary N) is 1. The van der Waals surface area contributed by atoms with Gasteiger partial charge in [-0.25, -0.2) is 12.8 Å². The highest BCUT2D eigenvalue weighted by atomic mass is 32.2. The van der Waals surface area contributed by atoms with Gasteiger partial charge in [-0.3, -0.25) is 13.9 Å². The Labute approximate surface area is 229 Å². The predicted molar refractivity (Wildman–Crippen MR) is 149 cm³/mol. The van der Waals surface area contributed by atoms with E-state index in [2.05, 4.69) is 5.32 Å². The van der Waals surface area contributed by atoms with Crippen LogP contribution in [-0.2, 0) is 26.0 Å². The fourth-order valence-electron chi connectivity index (χ4n) is 4.20. The van der Waals surface area contributed by atoms with Crippen molar-refractivity contribution in [1.82, 2.24) is 10.2 Å². The molecule has 10 heteroatoms. The lowest BCUT2D eigenvalue weighted by Gasteiger charge is -2.33. The summed E-state index contributed by atoms with van der Waals surface area (Å²) in [4.78, 5) is 27.9. The number of carbonyl (C=O) groups excluding carboxylic acids is 2. The summed E-state index contributed by atoms with van der Waals surface area (Å²) in [5.41, 5.74) is 1.09. The number of carbonyl (C=O) groups is 2. The van der Waals surface area contributed by atoms with Crippen LogP contribution in [0.25, 0.3) is 0 Å². The van der Waals surface area contributed by atoms with Crippen LogP contribution in [0.2, 0.25) is 0 Å². The van der Waals surface area contributed by atoms with Crippen LogP contribution in [0.15, 0.2) is 83.8 Å². The second-order valence-electron chi connectivity index (χ2n) is 8.75. The topological polar surface area (TPSA) is 96.0 Å². The molecule has 0 radical (unpaired) electrons. The van der Waals surface area contributed by atoms with E-state index in [1.165, 1.54) is 48.3 Å². The van der Waals surface area contributed by atoms with E-state index in [0.29, 0.717) is 25.2 Å². The van der Waals surface area contributed by atoms with Crippen LogP contribution in [0.5, 0.6) is 5.75 Å². The van der Waals surface area contributed by atoms with Crippen LogP contribution < -0.4 is 14.4 Å². The minimum atomic E-state index is -4.25. The Morgan fingerprint density at radius 3 is 2.15 bits per heavy atom. The molecular formula is C29H34FN3O5S. The third-order valence-electron chi connectivity index (χ3n) is 6.23. The van der Waals surface area contributed by atoms with Gasteiger partial charge in [0, 0.05) is 13.6 Å². The summed E-state index contributed by atoms with van der Waals surface area (Å²) in [6.45, 7) is 3.65. The highest BCUT2D eigenvalue weighted by Gasteiger charge is 2.33. The van der Waals surface area contributed by atoms with Gasteiger partial charge in [-0.1, -0.05) is 37.3 Å². The first-order valence-corrected chi connectivity index (χ1v) is 14.2. The van der Waals surface area contributed by atoms with Crippen LogP contribution >= 0.6 is 0 Å². The number of ether oxygens (including phenoxy) is 1. The van der Waals surface area contributed by atoms with Crippen molar-refractivity contribution < 1.29 is 27.1 Å². The van der Waals surface area contributed by atoms with Crippen molar-refractivity contribution in [3.63, 3.8) is 0 Å². The molecule has 0 aliphatic heterocycles. The summed E-state index contributed by atoms with van der Waals surface area (Å²) in [6, 6.07) is 19.4. The number of anilines is 1. The number of hydrogen-bond acceptors (Lipinski definition) is 5. The molecule has 0 aromatic heterocycles. The van der Waals surface area contributed by atoms with E-state index in [9.17, 15) is 22.4 Å². The van der Waals surface area contributed by atoms with Gasteiger partial charge in [-0.05, 0) is 73.9 Å². The molecule has 0 aliphatic carbocycles. The molecule has 3 aromatic carbocycles. The highest BCUT2D eigenvalue weighted by Crippen LogP contribution is 2.26. The van der Waals surface area contributed by atoms with Crippen molar-refractivity contribution in [2.75, 3.05) is 31.0 Å². The van der Waals surface area contributed by atoms with Gasteiger partial charge in [0.15, 0.2) is 0 Å². The molecule has 1 unspecified atom stereocenters. The second kappa shape index (κ2) is 13.7. The maximum Gasteiger partial charge on any atom is 0.264 e. The smallest absolute Gasteiger partial charge is 0.264 e. The monoisotopic (exact) mass is 555 g/mol. The summed E-state index contributed by atoms with van der Waals surface area (Å²) >= 11 is 0. The quantitative estimate of drug-likeness (QED) is 0.344. The number of rotatable bonds is 13. The van der Waals surface area contributed by atoms with Gasteiger partial charge >= 0.3 is 0 Å². The number of sulfonamides is 1. The molecule has 3 aromatic rings. The molecule has 1 atom stereocenters. The van der Waals surface area contributed by atoms with E-state index in [1.807, 2.05) is 37.3 Å². The molecule has 0 bridgehead atoms. The lowest BCUT2D eigenvalue weighted by molar-refractivity contribution is -0.139. The van der Waals surface area contributed by atoms with Gasteiger partial charge in [0.05, 0.1) is 17.2 Å². The van der Waals surface area contributed by atoms with Crippen molar-refractivity contribution in [3.8, 4) is 5.75 Å². The van der Waals surface area contributed by atoms with Gasteiger partial charge in [0.2, 0.25) is 11.8 Å². The van der Waals surface area contributed by atoms with E-state index in [4.69, 9.17) is 4.74 Å². The van der Waals surface area contributed by atoms with Crippen molar-refractivity contribution in [3.05, 3.63) is 90.2 Å². The van der Waals surface area contributed by atoms with Gasteiger partial charge in [-0.15, -0.1) is 0 Å². The molecule has 0 heterocycles. The lowest BCUT2D eigenvalue weighted by atomic mass is 10.1. The summed E-state index contributed by atoms with van der Waals surface area (Å²) < 4.78 is 47.7. The zero-order chi connectivity index (χ0) is 28.4. The Bertz CT molecular complexity index is 1330. The first-order valence-electron chi connectivity index (χ1n) is 12.8. The summed E-state index contributed by atoms with van der Waals surface area (Å²) in [6.07, 6.45) is 0.810. The van der Waals surface area contributed by atoms with Crippen LogP contribution in [0, 0.1) is 5.82 Å². The highest BCUT2D eigenvalue weighted by molar-refractivity contribution is 7.92. The Hall–Kier alpha value is -3.92. The molecule has 3 rings (SSSR count). The van der Waals surface area contributed by atoms with Crippen molar-refractivity contribution in [2.45, 2.75) is 37.6 Å². The van der Waals surface area contributed by atoms with Gasteiger partial charge in [0.1, 0.15) is 24.2 Å². The molecule has 0 aliphatic rings. The van der Waals surface area contributed by atoms with Crippen LogP contribution in [-0.4, -0.2) is 57.9 Å². The van der Waals surface area contributed by atoms with Crippen LogP contribution in [0.1, 0.15) is 25.8 Å². The average Bonchev–Trinajstić information content (AvgIpc) is 2.95. The lowest BCUT2D eigenvalue weighted by Crippen LogP contribution is -2.52. The Morgan fingerprint density at radius 2 is 1.59 bits per heavy atom.